The van der Waals surface area contributed by atoms with Crippen LogP contribution < -0.4 is 5.32 Å². The highest BCUT2D eigenvalue weighted by atomic mass is 32.1. The molecular formula is C16H17N3S. The summed E-state index contributed by atoms with van der Waals surface area (Å²) in [5.74, 6) is 0. The van der Waals surface area contributed by atoms with Crippen molar-refractivity contribution in [1.29, 1.82) is 0 Å². The largest absolute Gasteiger partial charge is 0.352 e. The number of nitrogens with one attached hydrogen (secondary N) is 1. The second kappa shape index (κ2) is 6.03. The molecule has 2 aromatic heterocycles. The van der Waals surface area contributed by atoms with Crippen molar-refractivity contribution in [3.63, 3.8) is 0 Å². The summed E-state index contributed by atoms with van der Waals surface area (Å²) in [6.45, 7) is 0.921. The summed E-state index contributed by atoms with van der Waals surface area (Å²) in [4.78, 5) is 4.38. The van der Waals surface area contributed by atoms with Crippen LogP contribution in [0.15, 0.2) is 60.4 Å². The third-order valence-electron chi connectivity index (χ3n) is 3.38. The Morgan fingerprint density at radius 2 is 2.10 bits per heavy atom. The lowest BCUT2D eigenvalue weighted by Gasteiger charge is -2.18. The topological polar surface area (TPSA) is 29.9 Å². The van der Waals surface area contributed by atoms with Crippen LogP contribution in [0.1, 0.15) is 11.6 Å². The van der Waals surface area contributed by atoms with Crippen molar-refractivity contribution in [2.24, 2.45) is 0 Å². The van der Waals surface area contributed by atoms with Gasteiger partial charge >= 0.3 is 0 Å². The molecule has 102 valence electrons. The minimum Gasteiger partial charge on any atom is -0.352 e. The number of benzene rings is 1. The molecule has 1 N–H and O–H groups in total. The van der Waals surface area contributed by atoms with Gasteiger partial charge in [-0.15, -0.1) is 11.3 Å². The molecule has 2 heterocycles. The Bertz CT molecular complexity index is 644. The molecule has 0 saturated carbocycles. The summed E-state index contributed by atoms with van der Waals surface area (Å²) in [6.07, 6.45) is 6.03. The number of hydrogen-bond acceptors (Lipinski definition) is 3. The van der Waals surface area contributed by atoms with Gasteiger partial charge in [0.05, 0.1) is 0 Å². The van der Waals surface area contributed by atoms with Crippen LogP contribution >= 0.6 is 11.3 Å². The average Bonchev–Trinajstić information content (AvgIpc) is 3.18. The number of nitrogens with zero attached hydrogens (tertiary/aromatic N) is 2. The quantitative estimate of drug-likeness (QED) is 0.775. The van der Waals surface area contributed by atoms with Gasteiger partial charge in [-0.2, -0.15) is 0 Å². The Balaban J connectivity index is 1.86. The molecule has 0 aliphatic rings. The van der Waals surface area contributed by atoms with E-state index in [-0.39, 0.29) is 0 Å². The summed E-state index contributed by atoms with van der Waals surface area (Å²) in [6, 6.07) is 13.0. The lowest BCUT2D eigenvalue weighted by Crippen LogP contribution is -2.21. The summed E-state index contributed by atoms with van der Waals surface area (Å²) in [7, 11) is 2.00. The molecule has 0 aliphatic carbocycles. The molecule has 3 nitrogen and oxygen atoms in total. The molecule has 3 aromatic rings. The SMILES string of the molecule is CNC(Cn1cccc1)c1cccc(-c2nccs2)c1. The molecule has 4 heteroatoms. The fraction of sp³-hybridized carbons (Fsp3) is 0.188. The van der Waals surface area contributed by atoms with E-state index in [4.69, 9.17) is 0 Å². The number of thiazole rings is 1. The van der Waals surface area contributed by atoms with Gasteiger partial charge in [0.2, 0.25) is 0 Å². The highest BCUT2D eigenvalue weighted by molar-refractivity contribution is 7.13. The van der Waals surface area contributed by atoms with Gasteiger partial charge in [0.1, 0.15) is 5.01 Å². The van der Waals surface area contributed by atoms with E-state index >= 15 is 0 Å². The van der Waals surface area contributed by atoms with Crippen molar-refractivity contribution >= 4 is 11.3 Å². The molecule has 20 heavy (non-hydrogen) atoms. The molecule has 1 unspecified atom stereocenters. The fourth-order valence-electron chi connectivity index (χ4n) is 2.32. The third kappa shape index (κ3) is 2.81. The van der Waals surface area contributed by atoms with Crippen LogP contribution in [-0.4, -0.2) is 16.6 Å². The van der Waals surface area contributed by atoms with Crippen LogP contribution in [0, 0.1) is 0 Å². The third-order valence-corrected chi connectivity index (χ3v) is 4.20. The predicted octanol–water partition coefficient (Wildman–Crippen LogP) is 3.57. The number of rotatable bonds is 5. The molecule has 1 atom stereocenters. The Hall–Kier alpha value is -1.91. The van der Waals surface area contributed by atoms with E-state index in [1.54, 1.807) is 11.3 Å². The van der Waals surface area contributed by atoms with Gasteiger partial charge in [0, 0.05) is 42.1 Å². The molecule has 0 radical (unpaired) electrons. The van der Waals surface area contributed by atoms with Gasteiger partial charge in [0.25, 0.3) is 0 Å². The monoisotopic (exact) mass is 283 g/mol. The molecule has 1 aromatic carbocycles. The van der Waals surface area contributed by atoms with Crippen LogP contribution in [0.25, 0.3) is 10.6 Å². The summed E-state index contributed by atoms with van der Waals surface area (Å²) in [5.41, 5.74) is 2.47. The van der Waals surface area contributed by atoms with Gasteiger partial charge in [-0.3, -0.25) is 0 Å². The molecule has 0 spiro atoms. The first-order valence-electron chi connectivity index (χ1n) is 6.64. The average molecular weight is 283 g/mol. The predicted molar refractivity (Wildman–Crippen MR) is 83.8 cm³/mol. The van der Waals surface area contributed by atoms with E-state index in [1.807, 2.05) is 18.6 Å². The number of aromatic nitrogens is 2. The fourth-order valence-corrected chi connectivity index (χ4v) is 2.96. The van der Waals surface area contributed by atoms with Crippen LogP contribution in [0.5, 0.6) is 0 Å². The first-order chi connectivity index (χ1) is 9.86. The minimum absolute atomic E-state index is 0.294. The second-order valence-corrected chi connectivity index (χ2v) is 5.58. The van der Waals surface area contributed by atoms with Crippen molar-refractivity contribution in [2.45, 2.75) is 12.6 Å². The lowest BCUT2D eigenvalue weighted by molar-refractivity contribution is 0.502. The number of hydrogen-bond donors (Lipinski definition) is 1. The molecule has 0 saturated heterocycles. The molecule has 0 aliphatic heterocycles. The second-order valence-electron chi connectivity index (χ2n) is 4.68. The zero-order valence-electron chi connectivity index (χ0n) is 11.4. The molecule has 3 rings (SSSR count). The molecular weight excluding hydrogens is 266 g/mol. The van der Waals surface area contributed by atoms with Crippen molar-refractivity contribution in [3.05, 3.63) is 65.9 Å². The van der Waals surface area contributed by atoms with Crippen LogP contribution in [-0.2, 0) is 6.54 Å². The van der Waals surface area contributed by atoms with Gasteiger partial charge in [-0.25, -0.2) is 4.98 Å². The van der Waals surface area contributed by atoms with E-state index in [0.717, 1.165) is 11.6 Å². The van der Waals surface area contributed by atoms with Crippen molar-refractivity contribution in [3.8, 4) is 10.6 Å². The maximum atomic E-state index is 4.38. The van der Waals surface area contributed by atoms with Crippen molar-refractivity contribution < 1.29 is 0 Å². The molecule has 0 fully saturated rings. The van der Waals surface area contributed by atoms with E-state index in [1.165, 1.54) is 11.1 Å². The Labute approximate surface area is 122 Å². The summed E-state index contributed by atoms with van der Waals surface area (Å²) < 4.78 is 2.19. The normalized spacial score (nSPS) is 12.4. The molecule has 0 amide bonds. The first-order valence-corrected chi connectivity index (χ1v) is 7.52. The van der Waals surface area contributed by atoms with Crippen molar-refractivity contribution in [1.82, 2.24) is 14.9 Å². The lowest BCUT2D eigenvalue weighted by atomic mass is 10.0. The van der Waals surface area contributed by atoms with E-state index in [0.29, 0.717) is 6.04 Å². The minimum atomic E-state index is 0.294. The van der Waals surface area contributed by atoms with E-state index in [2.05, 4.69) is 63.7 Å². The maximum Gasteiger partial charge on any atom is 0.123 e. The van der Waals surface area contributed by atoms with E-state index in [9.17, 15) is 0 Å². The van der Waals surface area contributed by atoms with Gasteiger partial charge < -0.3 is 9.88 Å². The highest BCUT2D eigenvalue weighted by Gasteiger charge is 2.11. The summed E-state index contributed by atoms with van der Waals surface area (Å²) in [5, 5.41) is 6.47. The Kier molecular flexibility index (Phi) is 3.95. The standard InChI is InChI=1S/C16H17N3S/c1-17-15(12-19-8-2-3-9-19)13-5-4-6-14(11-13)16-18-7-10-20-16/h2-11,15,17H,12H2,1H3. The van der Waals surface area contributed by atoms with Gasteiger partial charge in [-0.05, 0) is 30.8 Å². The smallest absolute Gasteiger partial charge is 0.123 e. The van der Waals surface area contributed by atoms with Crippen LogP contribution in [0.4, 0.5) is 0 Å². The van der Waals surface area contributed by atoms with Gasteiger partial charge in [-0.1, -0.05) is 18.2 Å². The highest BCUT2D eigenvalue weighted by Crippen LogP contribution is 2.25. The van der Waals surface area contributed by atoms with Crippen molar-refractivity contribution in [2.75, 3.05) is 7.05 Å². The van der Waals surface area contributed by atoms with Crippen LogP contribution in [0.2, 0.25) is 0 Å². The van der Waals surface area contributed by atoms with E-state index < -0.39 is 0 Å². The Morgan fingerprint density at radius 1 is 1.25 bits per heavy atom. The zero-order chi connectivity index (χ0) is 13.8. The first kappa shape index (κ1) is 13.1. The zero-order valence-corrected chi connectivity index (χ0v) is 12.2. The number of likely N-dealkylation sites (N-methyl/N-ethyl adjacent to an activating group) is 1. The van der Waals surface area contributed by atoms with Crippen LogP contribution in [0.3, 0.4) is 0 Å². The maximum absolute atomic E-state index is 4.38. The Morgan fingerprint density at radius 3 is 2.80 bits per heavy atom. The summed E-state index contributed by atoms with van der Waals surface area (Å²) >= 11 is 1.67. The van der Waals surface area contributed by atoms with Gasteiger partial charge in [0.15, 0.2) is 0 Å². The molecule has 0 bridgehead atoms.